The van der Waals surface area contributed by atoms with Crippen LogP contribution in [0.1, 0.15) is 0 Å². The van der Waals surface area contributed by atoms with Crippen LogP contribution in [0, 0.1) is 0 Å². The normalized spacial score (nSPS) is 11.4. The fourth-order valence-corrected chi connectivity index (χ4v) is 3.44. The molecule has 1 aromatic carbocycles. The number of rotatable bonds is 2. The molecular weight excluding hydrogens is 314 g/mol. The van der Waals surface area contributed by atoms with Gasteiger partial charge in [0.1, 0.15) is 5.65 Å². The molecule has 0 bridgehead atoms. The Morgan fingerprint density at radius 1 is 1.00 bits per heavy atom. The van der Waals surface area contributed by atoms with E-state index < -0.39 is 0 Å². The SMILES string of the molecule is CSc1nccc2c(-c3ccc(Cl)cc3)c3cccnc3n12. The summed E-state index contributed by atoms with van der Waals surface area (Å²) in [4.78, 5) is 9.03. The van der Waals surface area contributed by atoms with Gasteiger partial charge in [-0.2, -0.15) is 0 Å². The van der Waals surface area contributed by atoms with Crippen molar-refractivity contribution in [2.24, 2.45) is 0 Å². The third-order valence-corrected chi connectivity index (χ3v) is 4.59. The van der Waals surface area contributed by atoms with E-state index in [1.807, 2.05) is 55.0 Å². The molecule has 0 N–H and O–H groups in total. The Hall–Kier alpha value is -2.04. The van der Waals surface area contributed by atoms with Gasteiger partial charge in [0, 0.05) is 28.4 Å². The molecule has 3 aromatic heterocycles. The van der Waals surface area contributed by atoms with Crippen molar-refractivity contribution in [2.75, 3.05) is 6.26 Å². The first-order chi connectivity index (χ1) is 10.8. The van der Waals surface area contributed by atoms with Gasteiger partial charge < -0.3 is 0 Å². The second-order valence-electron chi connectivity index (χ2n) is 4.91. The largest absolute Gasteiger partial charge is 0.272 e. The van der Waals surface area contributed by atoms with Crippen LogP contribution < -0.4 is 0 Å². The van der Waals surface area contributed by atoms with Crippen LogP contribution in [-0.4, -0.2) is 20.6 Å². The van der Waals surface area contributed by atoms with E-state index >= 15 is 0 Å². The summed E-state index contributed by atoms with van der Waals surface area (Å²) < 4.78 is 2.12. The predicted octanol–water partition coefficient (Wildman–Crippen LogP) is 4.92. The number of aromatic nitrogens is 3. The summed E-state index contributed by atoms with van der Waals surface area (Å²) in [5.41, 5.74) is 4.33. The highest BCUT2D eigenvalue weighted by Crippen LogP contribution is 2.36. The lowest BCUT2D eigenvalue weighted by atomic mass is 10.0. The molecule has 0 unspecified atom stereocenters. The molecule has 4 aromatic rings. The molecule has 0 fully saturated rings. The maximum atomic E-state index is 6.03. The number of hydrogen-bond acceptors (Lipinski definition) is 3. The average Bonchev–Trinajstić information content (AvgIpc) is 2.90. The van der Waals surface area contributed by atoms with Crippen LogP contribution >= 0.6 is 23.4 Å². The molecule has 0 atom stereocenters. The molecule has 0 aliphatic heterocycles. The van der Waals surface area contributed by atoms with Crippen LogP contribution in [0.3, 0.4) is 0 Å². The van der Waals surface area contributed by atoms with Crippen molar-refractivity contribution in [3.63, 3.8) is 0 Å². The van der Waals surface area contributed by atoms with E-state index in [4.69, 9.17) is 11.6 Å². The molecule has 0 saturated heterocycles. The van der Waals surface area contributed by atoms with Gasteiger partial charge >= 0.3 is 0 Å². The van der Waals surface area contributed by atoms with Crippen molar-refractivity contribution in [3.05, 3.63) is 59.9 Å². The predicted molar refractivity (Wildman–Crippen MR) is 92.7 cm³/mol. The van der Waals surface area contributed by atoms with E-state index in [0.29, 0.717) is 0 Å². The molecule has 0 saturated carbocycles. The number of pyridine rings is 1. The summed E-state index contributed by atoms with van der Waals surface area (Å²) in [6.45, 7) is 0. The highest BCUT2D eigenvalue weighted by molar-refractivity contribution is 7.98. The number of nitrogens with zero attached hydrogens (tertiary/aromatic N) is 3. The molecule has 22 heavy (non-hydrogen) atoms. The number of hydrogen-bond donors (Lipinski definition) is 0. The van der Waals surface area contributed by atoms with Crippen molar-refractivity contribution >= 4 is 39.9 Å². The minimum atomic E-state index is 0.737. The van der Waals surface area contributed by atoms with Crippen LogP contribution in [0.5, 0.6) is 0 Å². The minimum absolute atomic E-state index is 0.737. The van der Waals surface area contributed by atoms with Crippen molar-refractivity contribution in [1.29, 1.82) is 0 Å². The van der Waals surface area contributed by atoms with Gasteiger partial charge in [-0.15, -0.1) is 0 Å². The highest BCUT2D eigenvalue weighted by atomic mass is 35.5. The van der Waals surface area contributed by atoms with Gasteiger partial charge in [0.15, 0.2) is 5.16 Å². The molecule has 3 nitrogen and oxygen atoms in total. The van der Waals surface area contributed by atoms with Gasteiger partial charge in [0.25, 0.3) is 0 Å². The summed E-state index contributed by atoms with van der Waals surface area (Å²) >= 11 is 7.64. The van der Waals surface area contributed by atoms with Gasteiger partial charge in [0.05, 0.1) is 5.52 Å². The van der Waals surface area contributed by atoms with E-state index in [-0.39, 0.29) is 0 Å². The lowest BCUT2D eigenvalue weighted by Crippen LogP contribution is -1.93. The average molecular weight is 326 g/mol. The Kier molecular flexibility index (Phi) is 3.28. The lowest BCUT2D eigenvalue weighted by molar-refractivity contribution is 0.923. The fourth-order valence-electron chi connectivity index (χ4n) is 2.78. The first kappa shape index (κ1) is 13.6. The monoisotopic (exact) mass is 325 g/mol. The van der Waals surface area contributed by atoms with E-state index in [9.17, 15) is 0 Å². The molecule has 3 heterocycles. The van der Waals surface area contributed by atoms with Crippen LogP contribution in [0.4, 0.5) is 0 Å². The minimum Gasteiger partial charge on any atom is -0.272 e. The molecule has 4 rings (SSSR count). The van der Waals surface area contributed by atoms with E-state index in [2.05, 4.69) is 20.4 Å². The first-order valence-electron chi connectivity index (χ1n) is 6.83. The Balaban J connectivity index is 2.18. The quantitative estimate of drug-likeness (QED) is 0.387. The smallest absolute Gasteiger partial charge is 0.173 e. The Labute approximate surface area is 137 Å². The van der Waals surface area contributed by atoms with Crippen molar-refractivity contribution < 1.29 is 0 Å². The first-order valence-corrected chi connectivity index (χ1v) is 8.44. The topological polar surface area (TPSA) is 30.2 Å². The second-order valence-corrected chi connectivity index (χ2v) is 6.12. The fraction of sp³-hybridized carbons (Fsp3) is 0.0588. The van der Waals surface area contributed by atoms with Gasteiger partial charge in [-0.1, -0.05) is 35.5 Å². The summed E-state index contributed by atoms with van der Waals surface area (Å²) in [5.74, 6) is 0. The van der Waals surface area contributed by atoms with Crippen LogP contribution in [-0.2, 0) is 0 Å². The zero-order valence-corrected chi connectivity index (χ0v) is 13.4. The van der Waals surface area contributed by atoms with Crippen molar-refractivity contribution in [3.8, 4) is 11.1 Å². The number of fused-ring (bicyclic) bond motifs is 3. The van der Waals surface area contributed by atoms with E-state index in [1.54, 1.807) is 11.8 Å². The highest BCUT2D eigenvalue weighted by Gasteiger charge is 2.16. The molecular formula is C17H12ClN3S. The maximum absolute atomic E-state index is 6.03. The third kappa shape index (κ3) is 1.99. The van der Waals surface area contributed by atoms with Crippen molar-refractivity contribution in [1.82, 2.24) is 14.4 Å². The molecule has 0 amide bonds. The van der Waals surface area contributed by atoms with Gasteiger partial charge in [-0.05, 0) is 42.2 Å². The summed E-state index contributed by atoms with van der Waals surface area (Å²) in [6, 6.07) is 14.0. The maximum Gasteiger partial charge on any atom is 0.173 e. The summed E-state index contributed by atoms with van der Waals surface area (Å²) in [7, 11) is 0. The third-order valence-electron chi connectivity index (χ3n) is 3.69. The second kappa shape index (κ2) is 5.30. The van der Waals surface area contributed by atoms with Crippen molar-refractivity contribution in [2.45, 2.75) is 5.16 Å². The van der Waals surface area contributed by atoms with Crippen LogP contribution in [0.2, 0.25) is 5.02 Å². The Morgan fingerprint density at radius 2 is 1.82 bits per heavy atom. The van der Waals surface area contributed by atoms with Gasteiger partial charge in [-0.3, -0.25) is 4.40 Å². The number of halogens is 1. The summed E-state index contributed by atoms with van der Waals surface area (Å²) in [5, 5.41) is 2.79. The van der Waals surface area contributed by atoms with E-state index in [1.165, 1.54) is 0 Å². The molecule has 108 valence electrons. The van der Waals surface area contributed by atoms with Crippen LogP contribution in [0.15, 0.2) is 60.0 Å². The van der Waals surface area contributed by atoms with Gasteiger partial charge in [0.2, 0.25) is 0 Å². The molecule has 0 spiro atoms. The Bertz CT molecular complexity index is 976. The molecule has 5 heteroatoms. The molecule has 0 aliphatic rings. The number of benzene rings is 1. The van der Waals surface area contributed by atoms with Gasteiger partial charge in [-0.25, -0.2) is 9.97 Å². The van der Waals surface area contributed by atoms with E-state index in [0.717, 1.165) is 37.9 Å². The zero-order valence-electron chi connectivity index (χ0n) is 11.8. The summed E-state index contributed by atoms with van der Waals surface area (Å²) in [6.07, 6.45) is 5.69. The molecule has 0 radical (unpaired) electrons. The number of thioether (sulfide) groups is 1. The zero-order chi connectivity index (χ0) is 15.1. The standard InChI is InChI=1S/C17H12ClN3S/c1-22-17-20-10-8-14-15(11-4-6-12(18)7-5-11)13-3-2-9-19-16(13)21(14)17/h2-10H,1H3. The Morgan fingerprint density at radius 3 is 2.59 bits per heavy atom. The molecule has 0 aliphatic carbocycles. The lowest BCUT2D eigenvalue weighted by Gasteiger charge is -2.04. The van der Waals surface area contributed by atoms with Crippen LogP contribution in [0.25, 0.3) is 27.7 Å².